The van der Waals surface area contributed by atoms with Gasteiger partial charge >= 0.3 is 6.36 Å². The van der Waals surface area contributed by atoms with Crippen molar-refractivity contribution in [2.45, 2.75) is 12.7 Å². The monoisotopic (exact) mass is 312 g/mol. The van der Waals surface area contributed by atoms with Crippen molar-refractivity contribution in [1.29, 1.82) is 0 Å². The molecular formula is C10H8BrF3O3. The van der Waals surface area contributed by atoms with Gasteiger partial charge in [-0.25, -0.2) is 0 Å². The van der Waals surface area contributed by atoms with E-state index in [1.54, 1.807) is 0 Å². The SMILES string of the molecule is FC(F)(F)Oc1ccc(C2OCCO2)cc1Br. The molecule has 3 nitrogen and oxygen atoms in total. The average molecular weight is 313 g/mol. The molecule has 1 aliphatic heterocycles. The van der Waals surface area contributed by atoms with Gasteiger partial charge in [-0.05, 0) is 28.1 Å². The van der Waals surface area contributed by atoms with Gasteiger partial charge in [-0.2, -0.15) is 0 Å². The summed E-state index contributed by atoms with van der Waals surface area (Å²) in [5.41, 5.74) is 0.642. The smallest absolute Gasteiger partial charge is 0.405 e. The Hall–Kier alpha value is -0.790. The van der Waals surface area contributed by atoms with Crippen molar-refractivity contribution in [3.05, 3.63) is 28.2 Å². The number of hydrogen-bond donors (Lipinski definition) is 0. The number of halogens is 4. The highest BCUT2D eigenvalue weighted by molar-refractivity contribution is 9.10. The van der Waals surface area contributed by atoms with Gasteiger partial charge in [0.25, 0.3) is 0 Å². The van der Waals surface area contributed by atoms with E-state index in [4.69, 9.17) is 9.47 Å². The molecule has 0 saturated carbocycles. The summed E-state index contributed by atoms with van der Waals surface area (Å²) < 4.78 is 50.6. The van der Waals surface area contributed by atoms with E-state index in [9.17, 15) is 13.2 Å². The van der Waals surface area contributed by atoms with E-state index >= 15 is 0 Å². The van der Waals surface area contributed by atoms with Crippen LogP contribution in [-0.2, 0) is 9.47 Å². The molecule has 0 atom stereocenters. The van der Waals surface area contributed by atoms with Crippen LogP contribution in [0, 0.1) is 0 Å². The Bertz CT molecular complexity index is 402. The standard InChI is InChI=1S/C10H8BrF3O3/c11-7-5-6(9-15-3-4-16-9)1-2-8(7)17-10(12,13)14/h1-2,5,9H,3-4H2. The van der Waals surface area contributed by atoms with Crippen LogP contribution in [-0.4, -0.2) is 19.6 Å². The third-order valence-corrected chi connectivity index (χ3v) is 2.70. The molecule has 0 bridgehead atoms. The maximum absolute atomic E-state index is 12.0. The summed E-state index contributed by atoms with van der Waals surface area (Å²) in [6.07, 6.45) is -5.23. The molecule has 7 heteroatoms. The largest absolute Gasteiger partial charge is 0.573 e. The zero-order chi connectivity index (χ0) is 12.5. The number of benzene rings is 1. The van der Waals surface area contributed by atoms with E-state index in [1.807, 2.05) is 0 Å². The fourth-order valence-electron chi connectivity index (χ4n) is 1.42. The average Bonchev–Trinajstić information content (AvgIpc) is 2.72. The van der Waals surface area contributed by atoms with E-state index in [0.717, 1.165) is 0 Å². The minimum absolute atomic E-state index is 0.200. The first-order chi connectivity index (χ1) is 7.96. The molecule has 0 N–H and O–H groups in total. The lowest BCUT2D eigenvalue weighted by Crippen LogP contribution is -2.17. The normalized spacial score (nSPS) is 17.4. The highest BCUT2D eigenvalue weighted by Gasteiger charge is 2.32. The third-order valence-electron chi connectivity index (χ3n) is 2.08. The second-order valence-corrected chi connectivity index (χ2v) is 4.17. The van der Waals surface area contributed by atoms with Crippen molar-refractivity contribution in [3.63, 3.8) is 0 Å². The van der Waals surface area contributed by atoms with Crippen LogP contribution in [0.5, 0.6) is 5.75 Å². The van der Waals surface area contributed by atoms with Gasteiger partial charge in [-0.15, -0.1) is 13.2 Å². The van der Waals surface area contributed by atoms with Gasteiger partial charge in [0.1, 0.15) is 5.75 Å². The van der Waals surface area contributed by atoms with Gasteiger partial charge in [0.15, 0.2) is 6.29 Å². The number of rotatable bonds is 2. The number of alkyl halides is 3. The van der Waals surface area contributed by atoms with Gasteiger partial charge < -0.3 is 14.2 Å². The van der Waals surface area contributed by atoms with Crippen molar-refractivity contribution in [2.24, 2.45) is 0 Å². The molecular weight excluding hydrogens is 305 g/mol. The molecule has 1 aliphatic rings. The first-order valence-electron chi connectivity index (χ1n) is 4.74. The third kappa shape index (κ3) is 3.34. The Morgan fingerprint density at radius 1 is 1.24 bits per heavy atom. The Balaban J connectivity index is 2.16. The van der Waals surface area contributed by atoms with Gasteiger partial charge in [-0.3, -0.25) is 0 Å². The maximum Gasteiger partial charge on any atom is 0.573 e. The summed E-state index contributed by atoms with van der Waals surface area (Å²) in [6.45, 7) is 0.951. The molecule has 0 aromatic heterocycles. The molecule has 94 valence electrons. The molecule has 1 saturated heterocycles. The van der Waals surface area contributed by atoms with E-state index in [-0.39, 0.29) is 10.2 Å². The maximum atomic E-state index is 12.0. The molecule has 1 aromatic rings. The molecule has 1 aromatic carbocycles. The van der Waals surface area contributed by atoms with E-state index in [0.29, 0.717) is 18.8 Å². The molecule has 1 fully saturated rings. The Morgan fingerprint density at radius 2 is 1.88 bits per heavy atom. The van der Waals surface area contributed by atoms with Crippen LogP contribution in [0.2, 0.25) is 0 Å². The van der Waals surface area contributed by atoms with Crippen LogP contribution in [0.1, 0.15) is 11.9 Å². The lowest BCUT2D eigenvalue weighted by Gasteiger charge is -2.13. The van der Waals surface area contributed by atoms with Crippen molar-refractivity contribution < 1.29 is 27.4 Å². The Kier molecular flexibility index (Phi) is 3.60. The Labute approximate surface area is 104 Å². The summed E-state index contributed by atoms with van der Waals surface area (Å²) in [6, 6.07) is 4.18. The fraction of sp³-hybridized carbons (Fsp3) is 0.400. The second kappa shape index (κ2) is 4.83. The van der Waals surface area contributed by atoms with Gasteiger partial charge in [0.05, 0.1) is 17.7 Å². The molecule has 2 rings (SSSR count). The van der Waals surface area contributed by atoms with Crippen LogP contribution in [0.25, 0.3) is 0 Å². The zero-order valence-electron chi connectivity index (χ0n) is 8.46. The van der Waals surface area contributed by atoms with Crippen molar-refractivity contribution in [1.82, 2.24) is 0 Å². The Morgan fingerprint density at radius 3 is 2.41 bits per heavy atom. The van der Waals surface area contributed by atoms with E-state index < -0.39 is 12.7 Å². The van der Waals surface area contributed by atoms with Crippen molar-refractivity contribution in [2.75, 3.05) is 13.2 Å². The molecule has 0 aliphatic carbocycles. The summed E-state index contributed by atoms with van der Waals surface area (Å²) in [5.74, 6) is -0.292. The summed E-state index contributed by atoms with van der Waals surface area (Å²) in [7, 11) is 0. The van der Waals surface area contributed by atoms with Crippen molar-refractivity contribution in [3.8, 4) is 5.75 Å². The van der Waals surface area contributed by atoms with Crippen LogP contribution < -0.4 is 4.74 Å². The van der Waals surface area contributed by atoms with Gasteiger partial charge in [-0.1, -0.05) is 6.07 Å². The number of hydrogen-bond acceptors (Lipinski definition) is 3. The molecule has 0 unspecified atom stereocenters. The minimum Gasteiger partial charge on any atom is -0.405 e. The van der Waals surface area contributed by atoms with Crippen molar-refractivity contribution >= 4 is 15.9 Å². The minimum atomic E-state index is -4.70. The summed E-state index contributed by atoms with van der Waals surface area (Å²) in [5, 5.41) is 0. The quantitative estimate of drug-likeness (QED) is 0.837. The molecule has 17 heavy (non-hydrogen) atoms. The number of ether oxygens (including phenoxy) is 3. The van der Waals surface area contributed by atoms with E-state index in [1.165, 1.54) is 18.2 Å². The highest BCUT2D eigenvalue weighted by atomic mass is 79.9. The van der Waals surface area contributed by atoms with Crippen LogP contribution in [0.4, 0.5) is 13.2 Å². The zero-order valence-corrected chi connectivity index (χ0v) is 10.0. The molecule has 1 heterocycles. The first-order valence-corrected chi connectivity index (χ1v) is 5.53. The van der Waals surface area contributed by atoms with E-state index in [2.05, 4.69) is 20.7 Å². The second-order valence-electron chi connectivity index (χ2n) is 3.31. The molecule has 0 spiro atoms. The van der Waals surface area contributed by atoms with Gasteiger partial charge in [0.2, 0.25) is 0 Å². The molecule has 0 radical (unpaired) electrons. The predicted molar refractivity (Wildman–Crippen MR) is 55.5 cm³/mol. The molecule has 0 amide bonds. The first kappa shape index (κ1) is 12.7. The van der Waals surface area contributed by atoms with Crippen LogP contribution in [0.15, 0.2) is 22.7 Å². The highest BCUT2D eigenvalue weighted by Crippen LogP contribution is 2.34. The van der Waals surface area contributed by atoms with Crippen LogP contribution >= 0.6 is 15.9 Å². The van der Waals surface area contributed by atoms with Gasteiger partial charge in [0, 0.05) is 5.56 Å². The topological polar surface area (TPSA) is 27.7 Å². The van der Waals surface area contributed by atoms with Crippen LogP contribution in [0.3, 0.4) is 0 Å². The lowest BCUT2D eigenvalue weighted by atomic mass is 10.2. The summed E-state index contributed by atoms with van der Waals surface area (Å²) in [4.78, 5) is 0. The fourth-order valence-corrected chi connectivity index (χ4v) is 1.90. The predicted octanol–water partition coefficient (Wildman–Crippen LogP) is 3.39. The lowest BCUT2D eigenvalue weighted by molar-refractivity contribution is -0.274. The summed E-state index contributed by atoms with van der Waals surface area (Å²) >= 11 is 3.01.